The molecule has 0 unspecified atom stereocenters. The molecule has 0 aliphatic carbocycles. The van der Waals surface area contributed by atoms with Crippen LogP contribution in [0, 0.1) is 6.92 Å². The molecule has 1 aromatic rings. The molecule has 3 nitrogen and oxygen atoms in total. The highest BCUT2D eigenvalue weighted by Crippen LogP contribution is 2.12. The van der Waals surface area contributed by atoms with Crippen molar-refractivity contribution in [3.63, 3.8) is 0 Å². The third-order valence-electron chi connectivity index (χ3n) is 2.07. The number of aromatic nitrogens is 1. The van der Waals surface area contributed by atoms with Gasteiger partial charge in [-0.15, -0.1) is 0 Å². The molecule has 1 heterocycles. The van der Waals surface area contributed by atoms with Crippen molar-refractivity contribution in [3.05, 3.63) is 20.7 Å². The van der Waals surface area contributed by atoms with Crippen LogP contribution in [-0.4, -0.2) is 17.3 Å². The Hall–Kier alpha value is -0.610. The van der Waals surface area contributed by atoms with E-state index in [1.165, 1.54) is 11.3 Å². The van der Waals surface area contributed by atoms with E-state index >= 15 is 0 Å². The van der Waals surface area contributed by atoms with E-state index < -0.39 is 0 Å². The van der Waals surface area contributed by atoms with Gasteiger partial charge >= 0.3 is 4.87 Å². The standard InChI is InChI=1S/C9H15NO2S/c1-7-5-13-8(11)10(7)6-9(2,3)12-4/h5H,6H2,1-4H3. The van der Waals surface area contributed by atoms with E-state index in [9.17, 15) is 4.79 Å². The van der Waals surface area contributed by atoms with Crippen molar-refractivity contribution in [1.29, 1.82) is 0 Å². The van der Waals surface area contributed by atoms with Crippen molar-refractivity contribution < 1.29 is 4.74 Å². The summed E-state index contributed by atoms with van der Waals surface area (Å²) in [4.78, 5) is 11.4. The van der Waals surface area contributed by atoms with E-state index in [1.807, 2.05) is 26.2 Å². The Labute approximate surface area is 82.0 Å². The average molecular weight is 201 g/mol. The highest BCUT2D eigenvalue weighted by molar-refractivity contribution is 7.07. The molecule has 0 fully saturated rings. The monoisotopic (exact) mass is 201 g/mol. The lowest BCUT2D eigenvalue weighted by Crippen LogP contribution is -2.33. The summed E-state index contributed by atoms with van der Waals surface area (Å²) in [5, 5.41) is 1.87. The van der Waals surface area contributed by atoms with E-state index in [0.29, 0.717) is 6.54 Å². The van der Waals surface area contributed by atoms with E-state index in [2.05, 4.69) is 0 Å². The highest BCUT2D eigenvalue weighted by Gasteiger charge is 2.19. The first-order valence-corrected chi connectivity index (χ1v) is 5.04. The summed E-state index contributed by atoms with van der Waals surface area (Å²) in [7, 11) is 1.66. The second-order valence-corrected chi connectivity index (χ2v) is 4.51. The van der Waals surface area contributed by atoms with Crippen LogP contribution in [0.15, 0.2) is 10.2 Å². The van der Waals surface area contributed by atoms with Crippen LogP contribution in [0.4, 0.5) is 0 Å². The molecule has 0 atom stereocenters. The van der Waals surface area contributed by atoms with Crippen molar-refractivity contribution in [1.82, 2.24) is 4.57 Å². The minimum Gasteiger partial charge on any atom is -0.377 e. The van der Waals surface area contributed by atoms with Crippen molar-refractivity contribution in [2.75, 3.05) is 7.11 Å². The Morgan fingerprint density at radius 2 is 2.23 bits per heavy atom. The molecule has 0 spiro atoms. The molecule has 0 radical (unpaired) electrons. The van der Waals surface area contributed by atoms with Gasteiger partial charge in [0.05, 0.1) is 12.1 Å². The maximum absolute atomic E-state index is 11.4. The van der Waals surface area contributed by atoms with Crippen molar-refractivity contribution in [2.45, 2.75) is 32.9 Å². The molecule has 0 amide bonds. The van der Waals surface area contributed by atoms with Gasteiger partial charge < -0.3 is 9.30 Å². The van der Waals surface area contributed by atoms with Crippen LogP contribution < -0.4 is 4.87 Å². The minimum absolute atomic E-state index is 0.0858. The van der Waals surface area contributed by atoms with E-state index in [4.69, 9.17) is 4.74 Å². The summed E-state index contributed by atoms with van der Waals surface area (Å²) in [6, 6.07) is 0. The first kappa shape index (κ1) is 10.5. The molecule has 0 saturated carbocycles. The molecule has 74 valence electrons. The van der Waals surface area contributed by atoms with E-state index in [0.717, 1.165) is 5.69 Å². The Kier molecular flexibility index (Phi) is 2.93. The number of nitrogens with zero attached hydrogens (tertiary/aromatic N) is 1. The van der Waals surface area contributed by atoms with E-state index in [1.54, 1.807) is 11.7 Å². The van der Waals surface area contributed by atoms with Gasteiger partial charge in [0, 0.05) is 18.2 Å². The summed E-state index contributed by atoms with van der Waals surface area (Å²) in [6.07, 6.45) is 0. The zero-order valence-corrected chi connectivity index (χ0v) is 9.27. The summed E-state index contributed by atoms with van der Waals surface area (Å²) in [6.45, 7) is 6.48. The minimum atomic E-state index is -0.282. The number of hydrogen-bond donors (Lipinski definition) is 0. The molecule has 0 bridgehead atoms. The quantitative estimate of drug-likeness (QED) is 0.744. The molecule has 1 aromatic heterocycles. The Morgan fingerprint density at radius 3 is 2.62 bits per heavy atom. The van der Waals surface area contributed by atoms with E-state index in [-0.39, 0.29) is 10.5 Å². The van der Waals surface area contributed by atoms with Crippen molar-refractivity contribution in [2.24, 2.45) is 0 Å². The molecule has 0 aliphatic rings. The first-order valence-electron chi connectivity index (χ1n) is 4.16. The fourth-order valence-electron chi connectivity index (χ4n) is 1.04. The SMILES string of the molecule is COC(C)(C)Cn1c(C)csc1=O. The Bertz CT molecular complexity index is 338. The maximum Gasteiger partial charge on any atom is 0.307 e. The number of ether oxygens (including phenoxy) is 1. The van der Waals surface area contributed by atoms with Crippen LogP contribution in [0.1, 0.15) is 19.5 Å². The number of aryl methyl sites for hydroxylation is 1. The highest BCUT2D eigenvalue weighted by atomic mass is 32.1. The van der Waals surface area contributed by atoms with Gasteiger partial charge in [0.2, 0.25) is 0 Å². The average Bonchev–Trinajstić information content (AvgIpc) is 2.36. The van der Waals surface area contributed by atoms with Gasteiger partial charge in [-0.2, -0.15) is 0 Å². The second kappa shape index (κ2) is 3.64. The Balaban J connectivity index is 2.92. The first-order chi connectivity index (χ1) is 5.96. The predicted molar refractivity (Wildman–Crippen MR) is 54.4 cm³/mol. The molecule has 0 saturated heterocycles. The van der Waals surface area contributed by atoms with Gasteiger partial charge in [0.1, 0.15) is 0 Å². The van der Waals surface area contributed by atoms with Crippen molar-refractivity contribution >= 4 is 11.3 Å². The van der Waals surface area contributed by atoms with Gasteiger partial charge in [-0.3, -0.25) is 4.79 Å². The normalized spacial score (nSPS) is 12.0. The molecule has 0 aliphatic heterocycles. The summed E-state index contributed by atoms with van der Waals surface area (Å²) < 4.78 is 7.01. The fourth-order valence-corrected chi connectivity index (χ4v) is 1.78. The largest absolute Gasteiger partial charge is 0.377 e. The van der Waals surface area contributed by atoms with Gasteiger partial charge in [-0.1, -0.05) is 11.3 Å². The third-order valence-corrected chi connectivity index (χ3v) is 2.95. The number of hydrogen-bond acceptors (Lipinski definition) is 3. The smallest absolute Gasteiger partial charge is 0.307 e. The third kappa shape index (κ3) is 2.42. The van der Waals surface area contributed by atoms with Crippen LogP contribution in [0.3, 0.4) is 0 Å². The van der Waals surface area contributed by atoms with Crippen LogP contribution in [-0.2, 0) is 11.3 Å². The van der Waals surface area contributed by atoms with Crippen LogP contribution in [0.2, 0.25) is 0 Å². The lowest BCUT2D eigenvalue weighted by molar-refractivity contribution is 0.00732. The molecular formula is C9H15NO2S. The molecule has 0 aromatic carbocycles. The number of thiazole rings is 1. The predicted octanol–water partition coefficient (Wildman–Crippen LogP) is 1.64. The zero-order valence-electron chi connectivity index (χ0n) is 8.46. The fraction of sp³-hybridized carbons (Fsp3) is 0.667. The lowest BCUT2D eigenvalue weighted by atomic mass is 10.1. The van der Waals surface area contributed by atoms with Crippen molar-refractivity contribution in [3.8, 4) is 0 Å². The molecule has 0 N–H and O–H groups in total. The van der Waals surface area contributed by atoms with Crippen LogP contribution >= 0.6 is 11.3 Å². The summed E-state index contributed by atoms with van der Waals surface area (Å²) >= 11 is 1.23. The zero-order chi connectivity index (χ0) is 10.1. The molecule has 13 heavy (non-hydrogen) atoms. The number of methoxy groups -OCH3 is 1. The van der Waals surface area contributed by atoms with Gasteiger partial charge in [0.15, 0.2) is 0 Å². The topological polar surface area (TPSA) is 31.2 Å². The van der Waals surface area contributed by atoms with Crippen LogP contribution in [0.5, 0.6) is 0 Å². The van der Waals surface area contributed by atoms with Gasteiger partial charge in [-0.25, -0.2) is 0 Å². The second-order valence-electron chi connectivity index (χ2n) is 3.69. The van der Waals surface area contributed by atoms with Gasteiger partial charge in [-0.05, 0) is 20.8 Å². The number of rotatable bonds is 3. The molecule has 1 rings (SSSR count). The molecular weight excluding hydrogens is 186 g/mol. The molecule has 4 heteroatoms. The summed E-state index contributed by atoms with van der Waals surface area (Å²) in [5.74, 6) is 0. The Morgan fingerprint density at radius 1 is 1.62 bits per heavy atom. The summed E-state index contributed by atoms with van der Waals surface area (Å²) in [5.41, 5.74) is 0.718. The van der Waals surface area contributed by atoms with Gasteiger partial charge in [0.25, 0.3) is 0 Å². The van der Waals surface area contributed by atoms with Crippen LogP contribution in [0.25, 0.3) is 0 Å². The lowest BCUT2D eigenvalue weighted by Gasteiger charge is -2.23. The maximum atomic E-state index is 11.4.